The predicted molar refractivity (Wildman–Crippen MR) is 109 cm³/mol. The minimum absolute atomic E-state index is 0.112. The summed E-state index contributed by atoms with van der Waals surface area (Å²) in [6.07, 6.45) is 5.07. The zero-order valence-corrected chi connectivity index (χ0v) is 16.4. The number of amides is 3. The van der Waals surface area contributed by atoms with E-state index in [1.54, 1.807) is 36.4 Å². The maximum absolute atomic E-state index is 12.9. The number of fused-ring (bicyclic) bond motifs is 5. The molecule has 0 radical (unpaired) electrons. The maximum atomic E-state index is 12.9. The molecule has 5 nitrogen and oxygen atoms in total. The molecule has 4 atom stereocenters. The summed E-state index contributed by atoms with van der Waals surface area (Å²) in [5.41, 5.74) is 1.69. The molecule has 0 spiro atoms. The van der Waals surface area contributed by atoms with Gasteiger partial charge in [0.25, 0.3) is 5.91 Å². The average molecular weight is 437 g/mol. The van der Waals surface area contributed by atoms with Crippen molar-refractivity contribution in [2.24, 2.45) is 23.7 Å². The highest BCUT2D eigenvalue weighted by molar-refractivity contribution is 9.10. The highest BCUT2D eigenvalue weighted by atomic mass is 79.9. The number of carbonyl (C=O) groups is 3. The Bertz CT molecular complexity index is 983. The molecule has 1 saturated carbocycles. The van der Waals surface area contributed by atoms with Crippen LogP contribution in [-0.2, 0) is 9.59 Å². The Morgan fingerprint density at radius 1 is 0.893 bits per heavy atom. The van der Waals surface area contributed by atoms with E-state index in [4.69, 9.17) is 0 Å². The van der Waals surface area contributed by atoms with E-state index in [1.807, 2.05) is 12.1 Å². The lowest BCUT2D eigenvalue weighted by molar-refractivity contribution is -0.123. The van der Waals surface area contributed by atoms with Crippen LogP contribution < -0.4 is 10.2 Å². The molecule has 5 rings (SSSR count). The molecule has 6 heteroatoms. The van der Waals surface area contributed by atoms with Crippen LogP contribution in [0.5, 0.6) is 0 Å². The van der Waals surface area contributed by atoms with Gasteiger partial charge in [-0.3, -0.25) is 19.3 Å². The Balaban J connectivity index is 1.34. The standard InChI is InChI=1S/C22H17BrN2O3/c23-15-5-7-16(8-6-15)24-20(26)12-3-9-17(10-4-12)25-21(27)18-13-1-2-14(11-13)19(18)22(25)28/h1-10,13-14,18-19H,11H2,(H,24,26)/t13-,14+,18-,19-/m0/s1. The second kappa shape index (κ2) is 6.41. The van der Waals surface area contributed by atoms with Gasteiger partial charge in [-0.1, -0.05) is 28.1 Å². The van der Waals surface area contributed by atoms with Gasteiger partial charge < -0.3 is 5.32 Å². The minimum Gasteiger partial charge on any atom is -0.322 e. The van der Waals surface area contributed by atoms with E-state index in [1.165, 1.54) is 4.90 Å². The van der Waals surface area contributed by atoms with Crippen LogP contribution in [0.15, 0.2) is 65.2 Å². The topological polar surface area (TPSA) is 66.5 Å². The molecule has 1 aliphatic heterocycles. The van der Waals surface area contributed by atoms with Crippen LogP contribution in [0.25, 0.3) is 0 Å². The van der Waals surface area contributed by atoms with Gasteiger partial charge >= 0.3 is 0 Å². The maximum Gasteiger partial charge on any atom is 0.255 e. The van der Waals surface area contributed by atoms with Crippen molar-refractivity contribution in [2.45, 2.75) is 6.42 Å². The smallest absolute Gasteiger partial charge is 0.255 e. The number of nitrogens with zero attached hydrogens (tertiary/aromatic N) is 1. The Hall–Kier alpha value is -2.73. The molecule has 2 fully saturated rings. The third kappa shape index (κ3) is 2.63. The van der Waals surface area contributed by atoms with Gasteiger partial charge in [0.1, 0.15) is 0 Å². The number of hydrogen-bond donors (Lipinski definition) is 1. The number of rotatable bonds is 3. The van der Waals surface area contributed by atoms with E-state index in [-0.39, 0.29) is 41.4 Å². The minimum atomic E-state index is -0.243. The van der Waals surface area contributed by atoms with Gasteiger partial charge in [-0.2, -0.15) is 0 Å². The van der Waals surface area contributed by atoms with Gasteiger partial charge in [-0.15, -0.1) is 0 Å². The Kier molecular flexibility index (Phi) is 3.98. The Labute approximate surface area is 170 Å². The molecule has 2 bridgehead atoms. The van der Waals surface area contributed by atoms with Crippen LogP contribution in [0.1, 0.15) is 16.8 Å². The van der Waals surface area contributed by atoms with Crippen molar-refractivity contribution in [1.29, 1.82) is 0 Å². The molecular weight excluding hydrogens is 420 g/mol. The first kappa shape index (κ1) is 17.4. The Morgan fingerprint density at radius 2 is 1.46 bits per heavy atom. The van der Waals surface area contributed by atoms with Gasteiger partial charge in [-0.25, -0.2) is 0 Å². The summed E-state index contributed by atoms with van der Waals surface area (Å²) in [6.45, 7) is 0. The number of allylic oxidation sites excluding steroid dienone is 2. The van der Waals surface area contributed by atoms with E-state index >= 15 is 0 Å². The first-order valence-electron chi connectivity index (χ1n) is 9.26. The van der Waals surface area contributed by atoms with Crippen molar-refractivity contribution < 1.29 is 14.4 Å². The van der Waals surface area contributed by atoms with Crippen molar-refractivity contribution in [3.05, 3.63) is 70.7 Å². The van der Waals surface area contributed by atoms with E-state index in [0.29, 0.717) is 16.9 Å². The highest BCUT2D eigenvalue weighted by Crippen LogP contribution is 2.53. The molecule has 2 aliphatic carbocycles. The number of imide groups is 1. The largest absolute Gasteiger partial charge is 0.322 e. The molecule has 3 amide bonds. The molecule has 1 heterocycles. The first-order chi connectivity index (χ1) is 13.5. The number of carbonyl (C=O) groups excluding carboxylic acids is 3. The van der Waals surface area contributed by atoms with E-state index < -0.39 is 0 Å². The van der Waals surface area contributed by atoms with Gasteiger partial charge in [0.05, 0.1) is 17.5 Å². The Morgan fingerprint density at radius 3 is 2.04 bits per heavy atom. The molecule has 2 aromatic rings. The number of nitrogens with one attached hydrogen (secondary N) is 1. The number of anilines is 2. The molecule has 1 saturated heterocycles. The van der Waals surface area contributed by atoms with E-state index in [0.717, 1.165) is 10.9 Å². The van der Waals surface area contributed by atoms with Gasteiger partial charge in [0, 0.05) is 15.7 Å². The highest BCUT2D eigenvalue weighted by Gasteiger charge is 2.59. The molecule has 140 valence electrons. The normalized spacial score (nSPS) is 27.4. The molecule has 28 heavy (non-hydrogen) atoms. The zero-order chi connectivity index (χ0) is 19.4. The fourth-order valence-electron chi connectivity index (χ4n) is 4.66. The molecule has 1 N–H and O–H groups in total. The number of hydrogen-bond acceptors (Lipinski definition) is 3. The van der Waals surface area contributed by atoms with E-state index in [2.05, 4.69) is 33.4 Å². The summed E-state index contributed by atoms with van der Waals surface area (Å²) >= 11 is 3.36. The van der Waals surface area contributed by atoms with Crippen LogP contribution in [0, 0.1) is 23.7 Å². The van der Waals surface area contributed by atoms with Crippen molar-refractivity contribution in [3.63, 3.8) is 0 Å². The fraction of sp³-hybridized carbons (Fsp3) is 0.227. The second-order valence-corrected chi connectivity index (χ2v) is 8.44. The summed E-state index contributed by atoms with van der Waals surface area (Å²) in [6, 6.07) is 13.9. The molecule has 0 unspecified atom stereocenters. The van der Waals surface area contributed by atoms with Gasteiger partial charge in [0.2, 0.25) is 11.8 Å². The van der Waals surface area contributed by atoms with Crippen LogP contribution in [0.3, 0.4) is 0 Å². The SMILES string of the molecule is O=C(Nc1ccc(Br)cc1)c1ccc(N2C(=O)[C@@H]3[C@@H](C2=O)[C@H]2C=C[C@@H]3C2)cc1. The van der Waals surface area contributed by atoms with E-state index in [9.17, 15) is 14.4 Å². The number of benzene rings is 2. The number of halogens is 1. The third-order valence-corrected chi connectivity index (χ3v) is 6.49. The summed E-state index contributed by atoms with van der Waals surface area (Å²) in [5.74, 6) is -0.532. The molecular formula is C22H17BrN2O3. The summed E-state index contributed by atoms with van der Waals surface area (Å²) < 4.78 is 0.934. The monoisotopic (exact) mass is 436 g/mol. The third-order valence-electron chi connectivity index (χ3n) is 5.96. The van der Waals surface area contributed by atoms with Crippen molar-refractivity contribution in [1.82, 2.24) is 0 Å². The van der Waals surface area contributed by atoms with Crippen molar-refractivity contribution >= 4 is 45.0 Å². The summed E-state index contributed by atoms with van der Waals surface area (Å²) in [4.78, 5) is 39.5. The average Bonchev–Trinajstić information content (AvgIpc) is 3.38. The van der Waals surface area contributed by atoms with Gasteiger partial charge in [0.15, 0.2) is 0 Å². The van der Waals surface area contributed by atoms with Crippen LogP contribution in [-0.4, -0.2) is 17.7 Å². The summed E-state index contributed by atoms with van der Waals surface area (Å²) in [5, 5.41) is 2.83. The fourth-order valence-corrected chi connectivity index (χ4v) is 4.92. The van der Waals surface area contributed by atoms with Crippen molar-refractivity contribution in [3.8, 4) is 0 Å². The lowest BCUT2D eigenvalue weighted by atomic mass is 9.85. The van der Waals surface area contributed by atoms with Crippen LogP contribution in [0.2, 0.25) is 0 Å². The van der Waals surface area contributed by atoms with Crippen LogP contribution >= 0.6 is 15.9 Å². The first-order valence-corrected chi connectivity index (χ1v) is 10.1. The molecule has 2 aromatic carbocycles. The quantitative estimate of drug-likeness (QED) is 0.583. The van der Waals surface area contributed by atoms with Crippen molar-refractivity contribution in [2.75, 3.05) is 10.2 Å². The summed E-state index contributed by atoms with van der Waals surface area (Å²) in [7, 11) is 0. The lowest BCUT2D eigenvalue weighted by Crippen LogP contribution is -2.32. The predicted octanol–water partition coefficient (Wildman–Crippen LogP) is 4.01. The van der Waals surface area contributed by atoms with Crippen LogP contribution in [0.4, 0.5) is 11.4 Å². The molecule has 3 aliphatic rings. The second-order valence-electron chi connectivity index (χ2n) is 7.52. The lowest BCUT2D eigenvalue weighted by Gasteiger charge is -2.17. The zero-order valence-electron chi connectivity index (χ0n) is 14.8. The van der Waals surface area contributed by atoms with Gasteiger partial charge in [-0.05, 0) is 66.8 Å². The molecule has 0 aromatic heterocycles.